The second-order valence-corrected chi connectivity index (χ2v) is 10.6. The van der Waals surface area contributed by atoms with Crippen LogP contribution in [0.3, 0.4) is 0 Å². The predicted octanol–water partition coefficient (Wildman–Crippen LogP) is 9.71. The average Bonchev–Trinajstić information content (AvgIpc) is 3.38. The van der Waals surface area contributed by atoms with Crippen LogP contribution in [-0.4, -0.2) is 14.5 Å². The van der Waals surface area contributed by atoms with E-state index in [0.29, 0.717) is 0 Å². The summed E-state index contributed by atoms with van der Waals surface area (Å²) in [7, 11) is 0. The molecule has 1 aliphatic rings. The highest BCUT2D eigenvalue weighted by Crippen LogP contribution is 2.49. The topological polar surface area (TPSA) is 30.7 Å². The van der Waals surface area contributed by atoms with Gasteiger partial charge in [0.2, 0.25) is 0 Å². The zero-order chi connectivity index (χ0) is 26.9. The number of fused-ring (bicyclic) bond motifs is 13. The summed E-state index contributed by atoms with van der Waals surface area (Å²) >= 11 is 0. The van der Waals surface area contributed by atoms with Crippen LogP contribution in [0.5, 0.6) is 0 Å². The van der Waals surface area contributed by atoms with Crippen molar-refractivity contribution in [2.45, 2.75) is 0 Å². The standard InChI is InChI=1S/C38H23N3/c1-2-11-27-25(9-1)32-19-20-34-38(40-22-21-39-34)37(32)31-14-4-3-10-26(31)28-18-17-24(23-33(27)28)41-35-15-7-5-12-29(35)30-13-6-8-16-36(30)41/h1-23H. The maximum atomic E-state index is 4.83. The third kappa shape index (κ3) is 3.14. The van der Waals surface area contributed by atoms with E-state index in [9.17, 15) is 0 Å². The lowest BCUT2D eigenvalue weighted by molar-refractivity contribution is 1.18. The minimum absolute atomic E-state index is 0.904. The molecular formula is C38H23N3. The molecule has 0 radical (unpaired) electrons. The Morgan fingerprint density at radius 1 is 0.415 bits per heavy atom. The molecule has 0 spiro atoms. The van der Waals surface area contributed by atoms with Gasteiger partial charge >= 0.3 is 0 Å². The number of aromatic nitrogens is 3. The normalized spacial score (nSPS) is 11.9. The third-order valence-corrected chi connectivity index (χ3v) is 8.48. The van der Waals surface area contributed by atoms with Gasteiger partial charge in [-0.25, -0.2) is 0 Å². The van der Waals surface area contributed by atoms with Gasteiger partial charge < -0.3 is 4.57 Å². The zero-order valence-corrected chi connectivity index (χ0v) is 22.1. The number of nitrogens with zero attached hydrogens (tertiary/aromatic N) is 3. The fourth-order valence-corrected chi connectivity index (χ4v) is 6.75. The molecule has 0 saturated heterocycles. The fourth-order valence-electron chi connectivity index (χ4n) is 6.75. The lowest BCUT2D eigenvalue weighted by Gasteiger charge is -2.24. The second-order valence-electron chi connectivity index (χ2n) is 10.6. The molecule has 41 heavy (non-hydrogen) atoms. The first-order valence-corrected chi connectivity index (χ1v) is 13.9. The second kappa shape index (κ2) is 8.48. The lowest BCUT2D eigenvalue weighted by Crippen LogP contribution is -2.01. The van der Waals surface area contributed by atoms with Crippen molar-refractivity contribution in [1.82, 2.24) is 14.5 Å². The third-order valence-electron chi connectivity index (χ3n) is 8.48. The minimum Gasteiger partial charge on any atom is -0.309 e. The molecule has 0 N–H and O–H groups in total. The van der Waals surface area contributed by atoms with Crippen molar-refractivity contribution in [3.8, 4) is 50.2 Å². The lowest BCUT2D eigenvalue weighted by atomic mass is 9.80. The summed E-state index contributed by atoms with van der Waals surface area (Å²) in [6.07, 6.45) is 3.56. The minimum atomic E-state index is 0.904. The van der Waals surface area contributed by atoms with Crippen molar-refractivity contribution in [3.63, 3.8) is 0 Å². The summed E-state index contributed by atoms with van der Waals surface area (Å²) in [6.45, 7) is 0. The Morgan fingerprint density at radius 3 is 1.68 bits per heavy atom. The number of hydrogen-bond acceptors (Lipinski definition) is 2. The molecule has 0 saturated carbocycles. The van der Waals surface area contributed by atoms with Crippen LogP contribution in [0.4, 0.5) is 0 Å². The van der Waals surface area contributed by atoms with E-state index in [4.69, 9.17) is 4.98 Å². The first-order valence-electron chi connectivity index (χ1n) is 13.9. The quantitative estimate of drug-likeness (QED) is 0.215. The van der Waals surface area contributed by atoms with Gasteiger partial charge in [0.15, 0.2) is 0 Å². The van der Waals surface area contributed by atoms with E-state index in [1.165, 1.54) is 60.8 Å². The molecule has 9 rings (SSSR count). The van der Waals surface area contributed by atoms with Crippen LogP contribution in [0.1, 0.15) is 0 Å². The van der Waals surface area contributed by atoms with Gasteiger partial charge in [0.1, 0.15) is 0 Å². The Labute approximate surface area is 237 Å². The van der Waals surface area contributed by atoms with Gasteiger partial charge in [0.25, 0.3) is 0 Å². The number of benzene rings is 6. The molecule has 2 heterocycles. The van der Waals surface area contributed by atoms with Crippen molar-refractivity contribution in [2.24, 2.45) is 0 Å². The number of para-hydroxylation sites is 2. The van der Waals surface area contributed by atoms with Crippen molar-refractivity contribution in [2.75, 3.05) is 0 Å². The molecule has 0 bridgehead atoms. The molecule has 1 aliphatic carbocycles. The van der Waals surface area contributed by atoms with Gasteiger partial charge in [-0.15, -0.1) is 0 Å². The Bertz CT molecular complexity index is 2270. The smallest absolute Gasteiger partial charge is 0.0971 e. The van der Waals surface area contributed by atoms with Gasteiger partial charge in [0, 0.05) is 34.4 Å². The van der Waals surface area contributed by atoms with Gasteiger partial charge in [-0.1, -0.05) is 97.1 Å². The van der Waals surface area contributed by atoms with Crippen LogP contribution in [0.15, 0.2) is 140 Å². The van der Waals surface area contributed by atoms with Crippen molar-refractivity contribution >= 4 is 32.8 Å². The molecule has 6 aromatic carbocycles. The van der Waals surface area contributed by atoms with Gasteiger partial charge in [-0.2, -0.15) is 0 Å². The first kappa shape index (κ1) is 22.3. The van der Waals surface area contributed by atoms with Crippen molar-refractivity contribution in [3.05, 3.63) is 140 Å². The van der Waals surface area contributed by atoms with Gasteiger partial charge in [-0.3, -0.25) is 9.97 Å². The highest BCUT2D eigenvalue weighted by atomic mass is 15.0. The summed E-state index contributed by atoms with van der Waals surface area (Å²) in [6, 6.07) is 46.1. The van der Waals surface area contributed by atoms with Gasteiger partial charge in [-0.05, 0) is 69.3 Å². The predicted molar refractivity (Wildman–Crippen MR) is 169 cm³/mol. The molecule has 0 aliphatic heterocycles. The highest BCUT2D eigenvalue weighted by Gasteiger charge is 2.24. The summed E-state index contributed by atoms with van der Waals surface area (Å²) in [5.41, 5.74) is 14.9. The molecule has 0 atom stereocenters. The molecule has 0 unspecified atom stereocenters. The van der Waals surface area contributed by atoms with Gasteiger partial charge in [0.05, 0.1) is 22.1 Å². The summed E-state index contributed by atoms with van der Waals surface area (Å²) in [4.78, 5) is 9.48. The molecule has 8 aromatic rings. The van der Waals surface area contributed by atoms with E-state index >= 15 is 0 Å². The molecule has 0 amide bonds. The van der Waals surface area contributed by atoms with Crippen LogP contribution >= 0.6 is 0 Å². The van der Waals surface area contributed by atoms with E-state index < -0.39 is 0 Å². The molecule has 0 fully saturated rings. The summed E-state index contributed by atoms with van der Waals surface area (Å²) in [5, 5.41) is 2.53. The number of rotatable bonds is 1. The molecule has 3 nitrogen and oxygen atoms in total. The number of hydrogen-bond donors (Lipinski definition) is 0. The highest BCUT2D eigenvalue weighted by molar-refractivity contribution is 6.11. The molecule has 2 aromatic heterocycles. The van der Waals surface area contributed by atoms with E-state index in [1.807, 2.05) is 0 Å². The molecular weight excluding hydrogens is 498 g/mol. The van der Waals surface area contributed by atoms with Crippen LogP contribution in [0.25, 0.3) is 83.0 Å². The Hall–Kier alpha value is -5.54. The monoisotopic (exact) mass is 521 g/mol. The van der Waals surface area contributed by atoms with Crippen LogP contribution in [-0.2, 0) is 0 Å². The Morgan fingerprint density at radius 2 is 0.951 bits per heavy atom. The fraction of sp³-hybridized carbons (Fsp3) is 0. The SMILES string of the molecule is c1ccc2c(c1)-c1cc(-n3c4ccccc4c4ccccc43)ccc1-c1ccccc1-c1c-2ccc2nccnc12. The van der Waals surface area contributed by atoms with Crippen LogP contribution < -0.4 is 0 Å². The largest absolute Gasteiger partial charge is 0.309 e. The van der Waals surface area contributed by atoms with Crippen LogP contribution in [0, 0.1) is 0 Å². The molecule has 3 heteroatoms. The summed E-state index contributed by atoms with van der Waals surface area (Å²) < 4.78 is 2.40. The van der Waals surface area contributed by atoms with Crippen molar-refractivity contribution in [1.29, 1.82) is 0 Å². The van der Waals surface area contributed by atoms with E-state index in [-0.39, 0.29) is 0 Å². The average molecular weight is 522 g/mol. The molecule has 190 valence electrons. The van der Waals surface area contributed by atoms with E-state index in [2.05, 4.69) is 137 Å². The van der Waals surface area contributed by atoms with E-state index in [0.717, 1.165) is 22.3 Å². The Kier molecular flexibility index (Phi) is 4.61. The summed E-state index contributed by atoms with van der Waals surface area (Å²) in [5.74, 6) is 0. The Balaban J connectivity index is 1.41. The first-order chi connectivity index (χ1) is 20.4. The van der Waals surface area contributed by atoms with Crippen LogP contribution in [0.2, 0.25) is 0 Å². The zero-order valence-electron chi connectivity index (χ0n) is 22.1. The van der Waals surface area contributed by atoms with E-state index in [1.54, 1.807) is 12.4 Å². The van der Waals surface area contributed by atoms with Crippen molar-refractivity contribution < 1.29 is 0 Å². The maximum absolute atomic E-state index is 4.83. The maximum Gasteiger partial charge on any atom is 0.0971 e.